The zero-order valence-corrected chi connectivity index (χ0v) is 11.6. The van der Waals surface area contributed by atoms with Crippen molar-refractivity contribution in [3.05, 3.63) is 0 Å². The average Bonchev–Trinajstić information content (AvgIpc) is 3.21. The highest BCUT2D eigenvalue weighted by Crippen LogP contribution is 2.32. The Morgan fingerprint density at radius 1 is 1.06 bits per heavy atom. The van der Waals surface area contributed by atoms with Gasteiger partial charge in [0.15, 0.2) is 0 Å². The Bertz CT molecular complexity index is 384. The minimum Gasteiger partial charge on any atom is -0.317 e. The second-order valence-corrected chi connectivity index (χ2v) is 7.55. The highest BCUT2D eigenvalue weighted by Gasteiger charge is 2.40. The molecular formula is C12H23N3O2S. The number of nitrogens with one attached hydrogen (secondary N) is 2. The lowest BCUT2D eigenvalue weighted by atomic mass is 9.98. The Morgan fingerprint density at radius 2 is 1.72 bits per heavy atom. The van der Waals surface area contributed by atoms with Crippen LogP contribution in [0, 0.1) is 5.92 Å². The standard InChI is InChI=1S/C12H23N3O2S/c16-18(17,14-11-1-2-11)15(12-3-4-12)9-10-5-7-13-8-6-10/h10-14H,1-9H2. The third-order valence-corrected chi connectivity index (χ3v) is 5.75. The van der Waals surface area contributed by atoms with Gasteiger partial charge in [0.25, 0.3) is 10.2 Å². The molecule has 6 heteroatoms. The minimum atomic E-state index is -3.23. The van der Waals surface area contributed by atoms with Crippen LogP contribution in [0.15, 0.2) is 0 Å². The van der Waals surface area contributed by atoms with Crippen molar-refractivity contribution in [3.8, 4) is 0 Å². The van der Waals surface area contributed by atoms with E-state index in [0.717, 1.165) is 51.6 Å². The Kier molecular flexibility index (Phi) is 3.62. The molecule has 2 saturated carbocycles. The Balaban J connectivity index is 1.63. The van der Waals surface area contributed by atoms with E-state index in [4.69, 9.17) is 0 Å². The zero-order valence-electron chi connectivity index (χ0n) is 10.8. The van der Waals surface area contributed by atoms with Crippen molar-refractivity contribution in [3.63, 3.8) is 0 Å². The van der Waals surface area contributed by atoms with Crippen molar-refractivity contribution in [2.45, 2.75) is 50.6 Å². The number of rotatable bonds is 6. The summed E-state index contributed by atoms with van der Waals surface area (Å²) in [6, 6.07) is 0.486. The topological polar surface area (TPSA) is 61.4 Å². The number of hydrogen-bond acceptors (Lipinski definition) is 3. The van der Waals surface area contributed by atoms with Gasteiger partial charge in [0.1, 0.15) is 0 Å². The minimum absolute atomic E-state index is 0.212. The second-order valence-electron chi connectivity index (χ2n) is 5.89. The average molecular weight is 273 g/mol. The van der Waals surface area contributed by atoms with Gasteiger partial charge in [0.05, 0.1) is 0 Å². The normalized spacial score (nSPS) is 26.7. The molecule has 2 N–H and O–H groups in total. The molecule has 0 atom stereocenters. The fraction of sp³-hybridized carbons (Fsp3) is 1.00. The summed E-state index contributed by atoms with van der Waals surface area (Å²) in [5, 5.41) is 3.33. The molecule has 0 aromatic rings. The van der Waals surface area contributed by atoms with Crippen molar-refractivity contribution in [2.75, 3.05) is 19.6 Å². The van der Waals surface area contributed by atoms with E-state index in [-0.39, 0.29) is 12.1 Å². The Labute approximate surface area is 109 Å². The largest absolute Gasteiger partial charge is 0.317 e. The molecule has 0 aromatic heterocycles. The van der Waals surface area contributed by atoms with Crippen LogP contribution >= 0.6 is 0 Å². The molecule has 0 aromatic carbocycles. The summed E-state index contributed by atoms with van der Waals surface area (Å²) in [6.07, 6.45) is 6.29. The van der Waals surface area contributed by atoms with Crippen LogP contribution in [0.1, 0.15) is 38.5 Å². The maximum absolute atomic E-state index is 12.3. The predicted octanol–water partition coefficient (Wildman–Crippen LogP) is 0.447. The fourth-order valence-electron chi connectivity index (χ4n) is 2.60. The van der Waals surface area contributed by atoms with Gasteiger partial charge in [-0.05, 0) is 57.5 Å². The molecule has 0 unspecified atom stereocenters. The lowest BCUT2D eigenvalue weighted by molar-refractivity contribution is 0.281. The summed E-state index contributed by atoms with van der Waals surface area (Å²) >= 11 is 0. The molecule has 5 nitrogen and oxygen atoms in total. The quantitative estimate of drug-likeness (QED) is 0.738. The molecule has 3 fully saturated rings. The van der Waals surface area contributed by atoms with Gasteiger partial charge in [-0.1, -0.05) is 0 Å². The van der Waals surface area contributed by atoms with Gasteiger partial charge in [-0.15, -0.1) is 0 Å². The van der Waals surface area contributed by atoms with E-state index in [9.17, 15) is 8.42 Å². The smallest absolute Gasteiger partial charge is 0.279 e. The number of piperidine rings is 1. The summed E-state index contributed by atoms with van der Waals surface area (Å²) in [4.78, 5) is 0. The maximum atomic E-state index is 12.3. The second kappa shape index (κ2) is 5.07. The van der Waals surface area contributed by atoms with Crippen LogP contribution in [0.5, 0.6) is 0 Å². The molecule has 18 heavy (non-hydrogen) atoms. The predicted molar refractivity (Wildman–Crippen MR) is 70.4 cm³/mol. The molecule has 0 spiro atoms. The summed E-state index contributed by atoms with van der Waals surface area (Å²) in [5.74, 6) is 0.530. The first kappa shape index (κ1) is 12.8. The number of hydrogen-bond donors (Lipinski definition) is 2. The van der Waals surface area contributed by atoms with Crippen LogP contribution in [-0.2, 0) is 10.2 Å². The molecule has 1 aliphatic heterocycles. The van der Waals surface area contributed by atoms with E-state index in [1.807, 2.05) is 0 Å². The van der Waals surface area contributed by atoms with Crippen LogP contribution in [0.25, 0.3) is 0 Å². The van der Waals surface area contributed by atoms with Gasteiger partial charge in [-0.25, -0.2) is 0 Å². The van der Waals surface area contributed by atoms with Gasteiger partial charge in [0.2, 0.25) is 0 Å². The third-order valence-electron chi connectivity index (χ3n) is 4.05. The van der Waals surface area contributed by atoms with Crippen LogP contribution in [0.4, 0.5) is 0 Å². The summed E-state index contributed by atoms with van der Waals surface area (Å²) in [6.45, 7) is 2.77. The lowest BCUT2D eigenvalue weighted by Gasteiger charge is -2.29. The molecule has 1 heterocycles. The van der Waals surface area contributed by atoms with E-state index < -0.39 is 10.2 Å². The van der Waals surface area contributed by atoms with Crippen LogP contribution in [0.3, 0.4) is 0 Å². The van der Waals surface area contributed by atoms with Crippen LogP contribution in [0.2, 0.25) is 0 Å². The zero-order chi connectivity index (χ0) is 12.6. The van der Waals surface area contributed by atoms with Crippen molar-refractivity contribution in [1.29, 1.82) is 0 Å². The van der Waals surface area contributed by atoms with Crippen molar-refractivity contribution >= 4 is 10.2 Å². The van der Waals surface area contributed by atoms with Gasteiger partial charge in [0, 0.05) is 18.6 Å². The van der Waals surface area contributed by atoms with Gasteiger partial charge in [-0.2, -0.15) is 17.4 Å². The highest BCUT2D eigenvalue weighted by molar-refractivity contribution is 7.87. The highest BCUT2D eigenvalue weighted by atomic mass is 32.2. The molecule has 104 valence electrons. The molecule has 0 amide bonds. The monoisotopic (exact) mass is 273 g/mol. The Hall–Kier alpha value is -0.170. The van der Waals surface area contributed by atoms with Gasteiger partial charge < -0.3 is 5.32 Å². The molecule has 2 aliphatic carbocycles. The summed E-state index contributed by atoms with van der Waals surface area (Å²) in [5.41, 5.74) is 0. The van der Waals surface area contributed by atoms with Crippen molar-refractivity contribution < 1.29 is 8.42 Å². The first-order chi connectivity index (χ1) is 8.65. The van der Waals surface area contributed by atoms with Crippen LogP contribution < -0.4 is 10.0 Å². The van der Waals surface area contributed by atoms with E-state index >= 15 is 0 Å². The SMILES string of the molecule is O=S(=O)(NC1CC1)N(CC1CCNCC1)C1CC1. The maximum Gasteiger partial charge on any atom is 0.279 e. The van der Waals surface area contributed by atoms with Gasteiger partial charge in [-0.3, -0.25) is 0 Å². The molecule has 3 rings (SSSR count). The van der Waals surface area contributed by atoms with Gasteiger partial charge >= 0.3 is 0 Å². The van der Waals surface area contributed by atoms with Crippen molar-refractivity contribution in [2.24, 2.45) is 5.92 Å². The van der Waals surface area contributed by atoms with Crippen molar-refractivity contribution in [1.82, 2.24) is 14.3 Å². The van der Waals surface area contributed by atoms with E-state index in [0.29, 0.717) is 12.5 Å². The van der Waals surface area contributed by atoms with Crippen LogP contribution in [-0.4, -0.2) is 44.4 Å². The lowest BCUT2D eigenvalue weighted by Crippen LogP contribution is -2.46. The summed E-state index contributed by atoms with van der Waals surface area (Å²) < 4.78 is 29.2. The first-order valence-electron chi connectivity index (χ1n) is 7.15. The number of nitrogens with zero attached hydrogens (tertiary/aromatic N) is 1. The molecule has 0 bridgehead atoms. The van der Waals surface area contributed by atoms with E-state index in [1.165, 1.54) is 0 Å². The Morgan fingerprint density at radius 3 is 2.28 bits per heavy atom. The molecule has 1 saturated heterocycles. The van der Waals surface area contributed by atoms with E-state index in [2.05, 4.69) is 10.0 Å². The third kappa shape index (κ3) is 3.23. The fourth-order valence-corrected chi connectivity index (χ4v) is 4.41. The molecule has 3 aliphatic rings. The molecule has 0 radical (unpaired) electrons. The summed E-state index contributed by atoms with van der Waals surface area (Å²) in [7, 11) is -3.23. The van der Waals surface area contributed by atoms with E-state index in [1.54, 1.807) is 4.31 Å². The first-order valence-corrected chi connectivity index (χ1v) is 8.59. The molecular weight excluding hydrogens is 250 g/mol.